The Kier molecular flexibility index (Phi) is 4.99. The number of fused-ring (bicyclic) bond motifs is 3. The molecule has 0 aliphatic heterocycles. The van der Waals surface area contributed by atoms with Crippen LogP contribution in [0.4, 0.5) is 0 Å². The maximum Gasteiger partial charge on any atom is 2.00 e. The predicted molar refractivity (Wildman–Crippen MR) is 78.6 cm³/mol. The summed E-state index contributed by atoms with van der Waals surface area (Å²) in [4.78, 5) is 0. The summed E-state index contributed by atoms with van der Waals surface area (Å²) in [6, 6.07) is 19.3. The molecule has 4 rings (SSSR count). The normalized spacial score (nSPS) is 12.2. The van der Waals surface area contributed by atoms with Crippen LogP contribution < -0.4 is 0 Å². The van der Waals surface area contributed by atoms with Crippen molar-refractivity contribution in [3.63, 3.8) is 0 Å². The smallest absolute Gasteiger partial charge is 0.273 e. The van der Waals surface area contributed by atoms with Gasteiger partial charge < -0.3 is 0 Å². The summed E-state index contributed by atoms with van der Waals surface area (Å²) < 4.78 is 0. The van der Waals surface area contributed by atoms with Gasteiger partial charge in [-0.25, -0.2) is 12.2 Å². The average Bonchev–Trinajstić information content (AvgIpc) is 3.10. The molecule has 1 aliphatic carbocycles. The van der Waals surface area contributed by atoms with Crippen LogP contribution in [0.5, 0.6) is 0 Å². The van der Waals surface area contributed by atoms with E-state index < -0.39 is 0 Å². The minimum Gasteiger partial charge on any atom is -0.273 e. The molecule has 0 radical (unpaired) electrons. The molecule has 0 atom stereocenters. The van der Waals surface area contributed by atoms with Crippen LogP contribution in [0, 0.1) is 6.08 Å². The zero-order chi connectivity index (χ0) is 12.2. The molecule has 90 valence electrons. The average molecular weight is 322 g/mol. The first-order chi connectivity index (χ1) is 8.95. The predicted octanol–water partition coefficient (Wildman–Crippen LogP) is 5.02. The van der Waals surface area contributed by atoms with Crippen molar-refractivity contribution in [1.82, 2.24) is 0 Å². The van der Waals surface area contributed by atoms with E-state index in [1.54, 1.807) is 0 Å². The van der Waals surface area contributed by atoms with Crippen LogP contribution in [0.1, 0.15) is 6.42 Å². The van der Waals surface area contributed by atoms with Crippen LogP contribution >= 0.6 is 0 Å². The zero-order valence-electron chi connectivity index (χ0n) is 10.6. The first kappa shape index (κ1) is 14.1. The van der Waals surface area contributed by atoms with E-state index in [9.17, 15) is 0 Å². The maximum atomic E-state index is 2.99. The quantitative estimate of drug-likeness (QED) is 0.510. The van der Waals surface area contributed by atoms with Crippen LogP contribution in [0.25, 0.3) is 21.5 Å². The molecule has 1 aliphatic rings. The fourth-order valence-corrected chi connectivity index (χ4v) is 2.24. The Hall–Kier alpha value is -1.33. The van der Waals surface area contributed by atoms with E-state index in [4.69, 9.17) is 0 Å². The van der Waals surface area contributed by atoms with Gasteiger partial charge in [0.05, 0.1) is 0 Å². The van der Waals surface area contributed by atoms with Gasteiger partial charge >= 0.3 is 26.2 Å². The molecule has 0 saturated heterocycles. The van der Waals surface area contributed by atoms with E-state index in [1.807, 2.05) is 12.2 Å². The molecule has 0 heterocycles. The van der Waals surface area contributed by atoms with Crippen LogP contribution in [-0.2, 0) is 26.2 Å². The van der Waals surface area contributed by atoms with Crippen molar-refractivity contribution in [3.8, 4) is 0 Å². The van der Waals surface area contributed by atoms with E-state index in [2.05, 4.69) is 66.7 Å². The molecule has 3 aromatic rings. The molecule has 0 unspecified atom stereocenters. The summed E-state index contributed by atoms with van der Waals surface area (Å²) in [5.74, 6) is 0. The van der Waals surface area contributed by atoms with Crippen molar-refractivity contribution in [2.75, 3.05) is 0 Å². The fraction of sp³-hybridized carbons (Fsp3) is 0.0556. The zero-order valence-corrected chi connectivity index (χ0v) is 13.1. The molecule has 0 saturated carbocycles. The molecular weight excluding hydrogens is 307 g/mol. The van der Waals surface area contributed by atoms with Gasteiger partial charge in [-0.1, -0.05) is 36.4 Å². The van der Waals surface area contributed by atoms with E-state index in [0.29, 0.717) is 0 Å². The summed E-state index contributed by atoms with van der Waals surface area (Å²) in [5, 5.41) is 5.39. The van der Waals surface area contributed by atoms with Crippen molar-refractivity contribution in [3.05, 3.63) is 78.9 Å². The monoisotopic (exact) mass is 320 g/mol. The van der Waals surface area contributed by atoms with E-state index in [-0.39, 0.29) is 26.2 Å². The second-order valence-corrected chi connectivity index (χ2v) is 4.32. The van der Waals surface area contributed by atoms with Gasteiger partial charge in [-0.3, -0.25) is 6.08 Å². The number of benzene rings is 2. The molecular formula is C18H14Zr. The first-order valence-corrected chi connectivity index (χ1v) is 6.20. The van der Waals surface area contributed by atoms with Gasteiger partial charge in [-0.2, -0.15) is 6.08 Å². The molecule has 19 heavy (non-hydrogen) atoms. The van der Waals surface area contributed by atoms with Crippen molar-refractivity contribution in [2.45, 2.75) is 6.42 Å². The van der Waals surface area contributed by atoms with E-state index in [1.165, 1.54) is 21.5 Å². The molecule has 1 heteroatoms. The number of rotatable bonds is 0. The Morgan fingerprint density at radius 1 is 0.842 bits per heavy atom. The third kappa shape index (κ3) is 3.17. The van der Waals surface area contributed by atoms with Gasteiger partial charge in [0.25, 0.3) is 0 Å². The Morgan fingerprint density at radius 2 is 1.42 bits per heavy atom. The van der Waals surface area contributed by atoms with E-state index >= 15 is 0 Å². The van der Waals surface area contributed by atoms with Crippen molar-refractivity contribution in [2.24, 2.45) is 0 Å². The number of hydrogen-bond acceptors (Lipinski definition) is 0. The molecule has 0 N–H and O–H groups in total. The van der Waals surface area contributed by atoms with Gasteiger partial charge in [0, 0.05) is 0 Å². The summed E-state index contributed by atoms with van der Waals surface area (Å²) >= 11 is 0. The van der Waals surface area contributed by atoms with Gasteiger partial charge in [-0.05, 0) is 0 Å². The maximum absolute atomic E-state index is 2.99. The third-order valence-corrected chi connectivity index (χ3v) is 3.11. The Morgan fingerprint density at radius 3 is 1.84 bits per heavy atom. The Balaban J connectivity index is 0.000000190. The third-order valence-electron chi connectivity index (χ3n) is 3.11. The second kappa shape index (κ2) is 6.73. The minimum absolute atomic E-state index is 0. The summed E-state index contributed by atoms with van der Waals surface area (Å²) in [5.41, 5.74) is 0. The minimum atomic E-state index is 0. The SMILES string of the molecule is [C-]1=CC=CC1.[Zr+2].c1ccc2c(c1)[cH-]c1ccccc12. The topological polar surface area (TPSA) is 0 Å². The standard InChI is InChI=1S/C13H9.C5H5.Zr/c1-3-7-12-10(5-1)9-11-6-2-4-8-13(11)12;1-2-4-5-3-1;/h1-9H;1-3H,4H2;/q2*-1;+2. The Bertz CT molecular complexity index is 656. The molecule has 0 aromatic heterocycles. The Labute approximate surface area is 132 Å². The molecule has 0 nitrogen and oxygen atoms in total. The second-order valence-electron chi connectivity index (χ2n) is 4.32. The summed E-state index contributed by atoms with van der Waals surface area (Å²) in [6.07, 6.45) is 10.0. The van der Waals surface area contributed by atoms with Crippen LogP contribution in [0.2, 0.25) is 0 Å². The van der Waals surface area contributed by atoms with Crippen LogP contribution in [0.3, 0.4) is 0 Å². The van der Waals surface area contributed by atoms with Crippen molar-refractivity contribution >= 4 is 21.5 Å². The van der Waals surface area contributed by atoms with E-state index in [0.717, 1.165) is 6.42 Å². The van der Waals surface area contributed by atoms with Gasteiger partial charge in [-0.15, -0.1) is 46.2 Å². The van der Waals surface area contributed by atoms with Gasteiger partial charge in [0.2, 0.25) is 0 Å². The largest absolute Gasteiger partial charge is 2.00 e. The van der Waals surface area contributed by atoms with Gasteiger partial charge in [0.15, 0.2) is 0 Å². The number of hydrogen-bond donors (Lipinski definition) is 0. The number of allylic oxidation sites excluding steroid dienone is 4. The summed E-state index contributed by atoms with van der Waals surface area (Å²) in [7, 11) is 0. The molecule has 3 aromatic carbocycles. The molecule has 0 amide bonds. The van der Waals surface area contributed by atoms with Crippen LogP contribution in [0.15, 0.2) is 72.8 Å². The van der Waals surface area contributed by atoms with Gasteiger partial charge in [0.1, 0.15) is 0 Å². The molecule has 0 fully saturated rings. The van der Waals surface area contributed by atoms with Crippen LogP contribution in [-0.4, -0.2) is 0 Å². The molecule has 0 spiro atoms. The van der Waals surface area contributed by atoms with Crippen molar-refractivity contribution in [1.29, 1.82) is 0 Å². The van der Waals surface area contributed by atoms with Crippen molar-refractivity contribution < 1.29 is 26.2 Å². The molecule has 0 bridgehead atoms. The first-order valence-electron chi connectivity index (χ1n) is 6.20. The summed E-state index contributed by atoms with van der Waals surface area (Å²) in [6.45, 7) is 0. The fourth-order valence-electron chi connectivity index (χ4n) is 2.24.